The lowest BCUT2D eigenvalue weighted by Gasteiger charge is -2.02. The fourth-order valence-corrected chi connectivity index (χ4v) is 3.07. The lowest BCUT2D eigenvalue weighted by atomic mass is 10.0. The molecule has 0 aliphatic heterocycles. The van der Waals surface area contributed by atoms with E-state index in [9.17, 15) is 18.4 Å². The molecule has 1 N–H and O–H groups in total. The summed E-state index contributed by atoms with van der Waals surface area (Å²) < 4.78 is 34.5. The van der Waals surface area contributed by atoms with E-state index in [4.69, 9.17) is 20.9 Å². The Labute approximate surface area is 261 Å². The van der Waals surface area contributed by atoms with Crippen LogP contribution in [0.15, 0.2) is 85.5 Å². The van der Waals surface area contributed by atoms with Crippen LogP contribution in [0.2, 0.25) is 0 Å². The van der Waals surface area contributed by atoms with E-state index in [0.29, 0.717) is 33.7 Å². The van der Waals surface area contributed by atoms with Crippen LogP contribution in [0, 0.1) is 11.6 Å². The molecule has 2 aromatic heterocycles. The summed E-state index contributed by atoms with van der Waals surface area (Å²) in [5, 5.41) is 8.95. The minimum Gasteiger partial charge on any atom is -0.392 e. The van der Waals surface area contributed by atoms with Gasteiger partial charge in [-0.25, -0.2) is 13.0 Å². The summed E-state index contributed by atoms with van der Waals surface area (Å²) in [4.78, 5) is 31.8. The zero-order valence-corrected chi connectivity index (χ0v) is 25.6. The molecule has 0 spiro atoms. The SMILES string of the molecule is F.I.O=C(c1ccc(F)cc1)c1cncc(CCl)c1.O=C(c1ccc(F)cc1)c1cncc(CO)c1.O=S(Cl)Cl. The molecule has 14 heteroatoms. The van der Waals surface area contributed by atoms with E-state index in [-0.39, 0.29) is 58.5 Å². The third-order valence-electron chi connectivity index (χ3n) is 4.66. The van der Waals surface area contributed by atoms with Crippen molar-refractivity contribution in [2.45, 2.75) is 12.5 Å². The van der Waals surface area contributed by atoms with E-state index in [2.05, 4.69) is 31.3 Å². The van der Waals surface area contributed by atoms with Gasteiger partial charge in [0, 0.05) is 74.3 Å². The van der Waals surface area contributed by atoms with Crippen molar-refractivity contribution in [2.24, 2.45) is 0 Å². The number of alkyl halides is 1. The maximum atomic E-state index is 12.7. The lowest BCUT2D eigenvalue weighted by molar-refractivity contribution is 0.103. The van der Waals surface area contributed by atoms with E-state index in [1.54, 1.807) is 18.3 Å². The average molecular weight is 748 g/mol. The molecule has 0 atom stereocenters. The summed E-state index contributed by atoms with van der Waals surface area (Å²) >= 11 is 5.67. The first-order chi connectivity index (χ1) is 18.1. The predicted octanol–water partition coefficient (Wildman–Crippen LogP) is 6.95. The van der Waals surface area contributed by atoms with Gasteiger partial charge < -0.3 is 5.11 Å². The summed E-state index contributed by atoms with van der Waals surface area (Å²) in [7, 11) is 7.36. The molecular weight excluding hydrogens is 727 g/mol. The van der Waals surface area contributed by atoms with Gasteiger partial charge in [0.05, 0.1) is 6.61 Å². The highest BCUT2D eigenvalue weighted by atomic mass is 127. The molecule has 0 aliphatic carbocycles. The molecule has 0 saturated heterocycles. The lowest BCUT2D eigenvalue weighted by Crippen LogP contribution is -2.03. The average Bonchev–Trinajstić information content (AvgIpc) is 2.93. The van der Waals surface area contributed by atoms with Gasteiger partial charge in [-0.05, 0) is 71.8 Å². The summed E-state index contributed by atoms with van der Waals surface area (Å²) in [6.45, 7) is -0.169. The second-order valence-electron chi connectivity index (χ2n) is 7.31. The summed E-state index contributed by atoms with van der Waals surface area (Å²) in [6.07, 6.45) is 5.99. The number of hydrogen-bond donors (Lipinski definition) is 1. The summed E-state index contributed by atoms with van der Waals surface area (Å²) in [6, 6.07) is 14.0. The normalized spacial score (nSPS) is 9.57. The molecule has 40 heavy (non-hydrogen) atoms. The molecule has 4 aromatic rings. The molecule has 0 radical (unpaired) electrons. The Hall–Kier alpha value is -2.42. The highest BCUT2D eigenvalue weighted by molar-refractivity contribution is 14.0. The number of benzene rings is 2. The Morgan fingerprint density at radius 2 is 1.07 bits per heavy atom. The first-order valence-corrected chi connectivity index (χ1v) is 13.9. The topological polar surface area (TPSA) is 97.2 Å². The van der Waals surface area contributed by atoms with Crippen molar-refractivity contribution in [1.82, 2.24) is 9.97 Å². The molecule has 214 valence electrons. The van der Waals surface area contributed by atoms with E-state index in [1.165, 1.54) is 67.1 Å². The Morgan fingerprint density at radius 3 is 1.43 bits per heavy atom. The van der Waals surface area contributed by atoms with Crippen molar-refractivity contribution in [3.63, 3.8) is 0 Å². The van der Waals surface area contributed by atoms with Gasteiger partial charge in [-0.3, -0.25) is 24.3 Å². The fraction of sp³-hybridized carbons (Fsp3) is 0.0769. The summed E-state index contributed by atoms with van der Waals surface area (Å²) in [5.74, 6) is -0.882. The van der Waals surface area contributed by atoms with Gasteiger partial charge in [-0.2, -0.15) is 0 Å². The van der Waals surface area contributed by atoms with Gasteiger partial charge in [-0.15, -0.1) is 35.6 Å². The first-order valence-electron chi connectivity index (χ1n) is 10.5. The fourth-order valence-electron chi connectivity index (χ4n) is 2.92. The molecule has 6 nitrogen and oxygen atoms in total. The van der Waals surface area contributed by atoms with Gasteiger partial charge in [0.15, 0.2) is 11.6 Å². The number of halogens is 7. The first kappa shape index (κ1) is 37.6. The third kappa shape index (κ3) is 12.8. The van der Waals surface area contributed by atoms with Crippen LogP contribution in [-0.4, -0.2) is 30.8 Å². The number of hydrogen-bond acceptors (Lipinski definition) is 6. The van der Waals surface area contributed by atoms with E-state index in [1.807, 2.05) is 0 Å². The van der Waals surface area contributed by atoms with Gasteiger partial charge in [0.25, 0.3) is 0 Å². The number of aliphatic hydroxyl groups excluding tert-OH is 1. The molecule has 0 saturated carbocycles. The number of nitrogens with zero attached hydrogens (tertiary/aromatic N) is 2. The second-order valence-corrected chi connectivity index (χ2v) is 10.1. The molecule has 0 aliphatic rings. The van der Waals surface area contributed by atoms with Gasteiger partial charge in [-0.1, -0.05) is 0 Å². The van der Waals surface area contributed by atoms with Gasteiger partial charge >= 0.3 is 0 Å². The zero-order chi connectivity index (χ0) is 28.1. The molecule has 0 amide bonds. The Bertz CT molecular complexity index is 1300. The highest BCUT2D eigenvalue weighted by Crippen LogP contribution is 2.13. The number of pyridine rings is 2. The van der Waals surface area contributed by atoms with Crippen LogP contribution in [0.5, 0.6) is 0 Å². The quantitative estimate of drug-likeness (QED) is 0.0994. The van der Waals surface area contributed by atoms with Crippen molar-refractivity contribution in [1.29, 1.82) is 0 Å². The Kier molecular flexibility index (Phi) is 18.4. The zero-order valence-electron chi connectivity index (χ0n) is 20.2. The number of aliphatic hydroxyl groups is 1. The highest BCUT2D eigenvalue weighted by Gasteiger charge is 2.11. The van der Waals surface area contributed by atoms with Crippen LogP contribution >= 0.6 is 56.9 Å². The van der Waals surface area contributed by atoms with Crippen LogP contribution in [0.25, 0.3) is 0 Å². The van der Waals surface area contributed by atoms with E-state index in [0.717, 1.165) is 5.56 Å². The summed E-state index contributed by atoms with van der Waals surface area (Å²) in [5.41, 5.74) is 3.00. The molecule has 0 bridgehead atoms. The smallest absolute Gasteiger partial charge is 0.211 e. The monoisotopic (exact) mass is 746 g/mol. The maximum Gasteiger partial charge on any atom is 0.211 e. The minimum atomic E-state index is -1.67. The molecule has 0 fully saturated rings. The van der Waals surface area contributed by atoms with Crippen molar-refractivity contribution in [3.05, 3.63) is 130 Å². The Morgan fingerprint density at radius 1 is 0.725 bits per heavy atom. The number of carbonyl (C=O) groups is 2. The predicted molar refractivity (Wildman–Crippen MR) is 161 cm³/mol. The van der Waals surface area contributed by atoms with Crippen molar-refractivity contribution in [3.8, 4) is 0 Å². The number of ketones is 2. The van der Waals surface area contributed by atoms with Gasteiger partial charge in [0.1, 0.15) is 11.6 Å². The second kappa shape index (κ2) is 19.6. The van der Waals surface area contributed by atoms with Crippen LogP contribution in [-0.2, 0) is 21.7 Å². The van der Waals surface area contributed by atoms with Crippen LogP contribution in [0.3, 0.4) is 0 Å². The minimum absolute atomic E-state index is 0. The van der Waals surface area contributed by atoms with Crippen LogP contribution < -0.4 is 0 Å². The van der Waals surface area contributed by atoms with Crippen molar-refractivity contribution >= 4 is 77.7 Å². The standard InChI is InChI=1S/C13H9ClFNO.C13H10FNO2.Cl2OS.FH.HI/c14-6-9-5-11(8-16-7-9)13(17)10-1-3-12(15)4-2-10;14-12-3-1-10(2-4-12)13(17)11-5-9(8-16)6-15-7-11;1-4(2)3;;/h1-5,7-8H,6H2;1-7,16H,8H2;;2*1H. The van der Waals surface area contributed by atoms with Crippen molar-refractivity contribution in [2.75, 3.05) is 0 Å². The maximum absolute atomic E-state index is 12.7. The largest absolute Gasteiger partial charge is 0.392 e. The van der Waals surface area contributed by atoms with Gasteiger partial charge in [0.2, 0.25) is 9.23 Å². The van der Waals surface area contributed by atoms with Crippen LogP contribution in [0.1, 0.15) is 43.0 Å². The molecule has 2 heterocycles. The Balaban J connectivity index is 0.000000643. The molecular formula is C26H21Cl3F3IN2O4S. The third-order valence-corrected chi connectivity index (χ3v) is 4.97. The van der Waals surface area contributed by atoms with Crippen molar-refractivity contribution < 1.29 is 32.4 Å². The molecule has 4 rings (SSSR count). The molecule has 0 unspecified atom stereocenters. The number of aromatic nitrogens is 2. The molecule has 2 aromatic carbocycles. The number of rotatable bonds is 6. The number of carbonyl (C=O) groups excluding carboxylic acids is 2. The van der Waals surface area contributed by atoms with E-state index >= 15 is 0 Å². The van der Waals surface area contributed by atoms with E-state index < -0.39 is 9.23 Å². The van der Waals surface area contributed by atoms with Crippen LogP contribution in [0.4, 0.5) is 13.5 Å².